The van der Waals surface area contributed by atoms with Gasteiger partial charge in [0.2, 0.25) is 10.0 Å². The summed E-state index contributed by atoms with van der Waals surface area (Å²) in [6.45, 7) is 0.536. The summed E-state index contributed by atoms with van der Waals surface area (Å²) in [6, 6.07) is 16.7. The zero-order chi connectivity index (χ0) is 22.9. The van der Waals surface area contributed by atoms with Gasteiger partial charge >= 0.3 is 0 Å². The molecule has 1 aliphatic rings. The summed E-state index contributed by atoms with van der Waals surface area (Å²) in [7, 11) is -3.68. The minimum atomic E-state index is -3.68. The first-order valence-corrected chi connectivity index (χ1v) is 11.5. The second-order valence-corrected chi connectivity index (χ2v) is 9.66. The van der Waals surface area contributed by atoms with Gasteiger partial charge in [0.1, 0.15) is 0 Å². The van der Waals surface area contributed by atoms with Crippen molar-refractivity contribution in [3.8, 4) is 0 Å². The Morgan fingerprint density at radius 2 is 1.69 bits per heavy atom. The lowest BCUT2D eigenvalue weighted by Gasteiger charge is -2.28. The standard InChI is InChI=1S/C22H18ClN3O5S/c23-18-4-9-21(10-5-18)32(30,31)25-12-11-15-1-6-19(13-17(15)14-25)24-22(27)16-2-7-20(8-3-16)26(28)29/h1-10,13H,11-12,14H2,(H,24,27). The Morgan fingerprint density at radius 3 is 2.34 bits per heavy atom. The predicted molar refractivity (Wildman–Crippen MR) is 120 cm³/mol. The lowest BCUT2D eigenvalue weighted by atomic mass is 10.0. The third-order valence-electron chi connectivity index (χ3n) is 5.23. The van der Waals surface area contributed by atoms with E-state index in [1.165, 1.54) is 52.8 Å². The number of amides is 1. The monoisotopic (exact) mass is 471 g/mol. The summed E-state index contributed by atoms with van der Waals surface area (Å²) >= 11 is 5.87. The highest BCUT2D eigenvalue weighted by Gasteiger charge is 2.28. The van der Waals surface area contributed by atoms with Gasteiger partial charge in [-0.1, -0.05) is 17.7 Å². The van der Waals surface area contributed by atoms with Crippen LogP contribution >= 0.6 is 11.6 Å². The molecule has 3 aromatic carbocycles. The van der Waals surface area contributed by atoms with E-state index >= 15 is 0 Å². The van der Waals surface area contributed by atoms with Crippen molar-refractivity contribution in [2.75, 3.05) is 11.9 Å². The van der Waals surface area contributed by atoms with E-state index in [1.54, 1.807) is 12.1 Å². The molecule has 8 nitrogen and oxygen atoms in total. The number of rotatable bonds is 5. The zero-order valence-corrected chi connectivity index (χ0v) is 18.3. The minimum absolute atomic E-state index is 0.0997. The molecule has 0 unspecified atom stereocenters. The van der Waals surface area contributed by atoms with Crippen molar-refractivity contribution < 1.29 is 18.1 Å². The number of carbonyl (C=O) groups excluding carboxylic acids is 1. The number of nitro benzene ring substituents is 1. The molecular formula is C22H18ClN3O5S. The van der Waals surface area contributed by atoms with Crippen molar-refractivity contribution in [1.82, 2.24) is 4.31 Å². The molecule has 4 rings (SSSR count). The van der Waals surface area contributed by atoms with Crippen molar-refractivity contribution in [2.24, 2.45) is 0 Å². The molecule has 0 aromatic heterocycles. The number of nitrogens with one attached hydrogen (secondary N) is 1. The van der Waals surface area contributed by atoms with Crippen molar-refractivity contribution in [1.29, 1.82) is 0 Å². The van der Waals surface area contributed by atoms with Gasteiger partial charge in [0.05, 0.1) is 9.82 Å². The van der Waals surface area contributed by atoms with E-state index in [0.29, 0.717) is 23.7 Å². The number of sulfonamides is 1. The molecule has 0 saturated heterocycles. The van der Waals surface area contributed by atoms with Crippen molar-refractivity contribution in [3.63, 3.8) is 0 Å². The van der Waals surface area contributed by atoms with Gasteiger partial charge in [0.25, 0.3) is 11.6 Å². The molecule has 10 heteroatoms. The molecule has 1 aliphatic heterocycles. The molecule has 0 atom stereocenters. The smallest absolute Gasteiger partial charge is 0.269 e. The summed E-state index contributed by atoms with van der Waals surface area (Å²) in [5.41, 5.74) is 2.51. The maximum Gasteiger partial charge on any atom is 0.269 e. The molecule has 164 valence electrons. The molecular weight excluding hydrogens is 454 g/mol. The summed E-state index contributed by atoms with van der Waals surface area (Å²) in [6.07, 6.45) is 0.554. The Labute approximate surface area is 189 Å². The molecule has 32 heavy (non-hydrogen) atoms. The van der Waals surface area contributed by atoms with Gasteiger partial charge in [-0.25, -0.2) is 8.42 Å². The van der Waals surface area contributed by atoms with Crippen LogP contribution < -0.4 is 5.32 Å². The average Bonchev–Trinajstić information content (AvgIpc) is 2.79. The van der Waals surface area contributed by atoms with E-state index in [1.807, 2.05) is 6.07 Å². The van der Waals surface area contributed by atoms with Crippen LogP contribution in [0.15, 0.2) is 71.6 Å². The van der Waals surface area contributed by atoms with Gasteiger partial charge < -0.3 is 5.32 Å². The summed E-state index contributed by atoms with van der Waals surface area (Å²) in [5, 5.41) is 14.0. The van der Waals surface area contributed by atoms with Crippen LogP contribution in [0.25, 0.3) is 0 Å². The van der Waals surface area contributed by atoms with Crippen LogP contribution in [-0.2, 0) is 23.0 Å². The number of halogens is 1. The van der Waals surface area contributed by atoms with E-state index in [4.69, 9.17) is 11.6 Å². The Balaban J connectivity index is 1.52. The molecule has 0 fully saturated rings. The minimum Gasteiger partial charge on any atom is -0.322 e. The molecule has 1 amide bonds. The van der Waals surface area contributed by atoms with Crippen molar-refractivity contribution in [3.05, 3.63) is 98.6 Å². The van der Waals surface area contributed by atoms with E-state index in [2.05, 4.69) is 5.32 Å². The van der Waals surface area contributed by atoms with Crippen LogP contribution in [0.4, 0.5) is 11.4 Å². The van der Waals surface area contributed by atoms with Gasteiger partial charge in [0, 0.05) is 41.5 Å². The largest absolute Gasteiger partial charge is 0.322 e. The van der Waals surface area contributed by atoms with Crippen molar-refractivity contribution in [2.45, 2.75) is 17.9 Å². The molecule has 0 spiro atoms. The number of anilines is 1. The van der Waals surface area contributed by atoms with Gasteiger partial charge in [-0.3, -0.25) is 14.9 Å². The number of benzene rings is 3. The number of fused-ring (bicyclic) bond motifs is 1. The van der Waals surface area contributed by atoms with Gasteiger partial charge in [-0.05, 0) is 66.1 Å². The van der Waals surface area contributed by atoms with Crippen LogP contribution in [-0.4, -0.2) is 30.1 Å². The highest BCUT2D eigenvalue weighted by atomic mass is 35.5. The highest BCUT2D eigenvalue weighted by Crippen LogP contribution is 2.28. The highest BCUT2D eigenvalue weighted by molar-refractivity contribution is 7.89. The number of nitrogens with zero attached hydrogens (tertiary/aromatic N) is 2. The van der Waals surface area contributed by atoms with E-state index in [-0.39, 0.29) is 22.7 Å². The van der Waals surface area contributed by atoms with Crippen molar-refractivity contribution >= 4 is 38.9 Å². The third-order valence-corrected chi connectivity index (χ3v) is 7.34. The second-order valence-electron chi connectivity index (χ2n) is 7.28. The lowest BCUT2D eigenvalue weighted by Crippen LogP contribution is -2.36. The van der Waals surface area contributed by atoms with E-state index in [9.17, 15) is 23.3 Å². The molecule has 0 aliphatic carbocycles. The molecule has 1 N–H and O–H groups in total. The zero-order valence-electron chi connectivity index (χ0n) is 16.7. The van der Waals surface area contributed by atoms with E-state index in [0.717, 1.165) is 11.1 Å². The van der Waals surface area contributed by atoms with Crippen LogP contribution in [0.5, 0.6) is 0 Å². The predicted octanol–water partition coefficient (Wildman–Crippen LogP) is 4.25. The normalized spacial score (nSPS) is 13.9. The summed E-state index contributed by atoms with van der Waals surface area (Å²) < 4.78 is 27.4. The van der Waals surface area contributed by atoms with Crippen LogP contribution in [0.3, 0.4) is 0 Å². The molecule has 0 saturated carbocycles. The Morgan fingerprint density at radius 1 is 1.00 bits per heavy atom. The maximum atomic E-state index is 13.0. The van der Waals surface area contributed by atoms with Gasteiger partial charge in [-0.2, -0.15) is 4.31 Å². The molecule has 0 radical (unpaired) electrons. The third kappa shape index (κ3) is 4.50. The SMILES string of the molecule is O=C(Nc1ccc2c(c1)CN(S(=O)(=O)c1ccc(Cl)cc1)CC2)c1ccc([N+](=O)[O-])cc1. The van der Waals surface area contributed by atoms with Gasteiger partial charge in [-0.15, -0.1) is 0 Å². The van der Waals surface area contributed by atoms with Crippen LogP contribution in [0.2, 0.25) is 5.02 Å². The lowest BCUT2D eigenvalue weighted by molar-refractivity contribution is -0.384. The first-order valence-electron chi connectivity index (χ1n) is 9.67. The fourth-order valence-electron chi connectivity index (χ4n) is 3.51. The number of carbonyl (C=O) groups is 1. The Kier molecular flexibility index (Phi) is 5.96. The van der Waals surface area contributed by atoms with Gasteiger partial charge in [0.15, 0.2) is 0 Å². The summed E-state index contributed by atoms with van der Waals surface area (Å²) in [4.78, 5) is 22.9. The second kappa shape index (κ2) is 8.70. The number of nitro groups is 1. The molecule has 1 heterocycles. The number of hydrogen-bond donors (Lipinski definition) is 1. The first-order chi connectivity index (χ1) is 15.2. The average molecular weight is 472 g/mol. The number of hydrogen-bond acceptors (Lipinski definition) is 5. The van der Waals surface area contributed by atoms with Crippen LogP contribution in [0, 0.1) is 10.1 Å². The Bertz CT molecular complexity index is 1290. The Hall–Kier alpha value is -3.27. The molecule has 0 bridgehead atoms. The van der Waals surface area contributed by atoms with Crippen LogP contribution in [0.1, 0.15) is 21.5 Å². The first kappa shape index (κ1) is 21.9. The summed E-state index contributed by atoms with van der Waals surface area (Å²) in [5.74, 6) is -0.415. The fraction of sp³-hybridized carbons (Fsp3) is 0.136. The topological polar surface area (TPSA) is 110 Å². The quantitative estimate of drug-likeness (QED) is 0.442. The maximum absolute atomic E-state index is 13.0. The number of non-ortho nitro benzene ring substituents is 1. The fourth-order valence-corrected chi connectivity index (χ4v) is 5.05. The molecule has 3 aromatic rings. The van der Waals surface area contributed by atoms with E-state index < -0.39 is 20.9 Å².